The summed E-state index contributed by atoms with van der Waals surface area (Å²) < 4.78 is 5.87. The Kier molecular flexibility index (Phi) is 7.37. The third-order valence-corrected chi connectivity index (χ3v) is 7.75. The number of allylic oxidation sites excluding steroid dienone is 6. The molecule has 1 aliphatic carbocycles. The van der Waals surface area contributed by atoms with E-state index in [0.717, 1.165) is 22.6 Å². The molecule has 5 rings (SSSR count). The van der Waals surface area contributed by atoms with E-state index in [1.165, 1.54) is 30.3 Å². The van der Waals surface area contributed by atoms with Gasteiger partial charge in [0, 0.05) is 40.5 Å². The van der Waals surface area contributed by atoms with Gasteiger partial charge in [0.15, 0.2) is 5.78 Å². The van der Waals surface area contributed by atoms with Crippen LogP contribution < -0.4 is 0 Å². The van der Waals surface area contributed by atoms with E-state index in [4.69, 9.17) is 4.42 Å². The van der Waals surface area contributed by atoms with Crippen molar-refractivity contribution in [3.63, 3.8) is 0 Å². The minimum Gasteiger partial charge on any atom is -0.508 e. The summed E-state index contributed by atoms with van der Waals surface area (Å²) in [6.07, 6.45) is 8.24. The van der Waals surface area contributed by atoms with E-state index in [0.29, 0.717) is 23.3 Å². The van der Waals surface area contributed by atoms with Crippen molar-refractivity contribution in [2.75, 3.05) is 0 Å². The molecule has 210 valence electrons. The average molecular weight is 553 g/mol. The lowest BCUT2D eigenvalue weighted by Crippen LogP contribution is -2.33. The number of fused-ring (bicyclic) bond motifs is 1. The van der Waals surface area contributed by atoms with Gasteiger partial charge in [-0.05, 0) is 81.1 Å². The average Bonchev–Trinajstić information content (AvgIpc) is 3.34. The molecule has 0 saturated carbocycles. The number of furan rings is 1. The van der Waals surface area contributed by atoms with Crippen LogP contribution in [0.15, 0.2) is 94.5 Å². The zero-order chi connectivity index (χ0) is 29.4. The zero-order valence-electron chi connectivity index (χ0n) is 23.0. The monoisotopic (exact) mass is 552 g/mol. The predicted molar refractivity (Wildman–Crippen MR) is 157 cm³/mol. The highest BCUT2D eigenvalue weighted by molar-refractivity contribution is 6.02. The Hall–Kier alpha value is -4.91. The summed E-state index contributed by atoms with van der Waals surface area (Å²) in [5.41, 5.74) is 3.03. The van der Waals surface area contributed by atoms with Crippen molar-refractivity contribution in [1.29, 1.82) is 0 Å². The second-order valence-electron chi connectivity index (χ2n) is 10.5. The van der Waals surface area contributed by atoms with Gasteiger partial charge in [-0.1, -0.05) is 29.9 Å². The van der Waals surface area contributed by atoms with E-state index in [1.807, 2.05) is 45.1 Å². The van der Waals surface area contributed by atoms with Crippen LogP contribution in [0.3, 0.4) is 0 Å². The lowest BCUT2D eigenvalue weighted by molar-refractivity contribution is 0.0862. The number of benzene rings is 3. The maximum Gasteiger partial charge on any atom is 0.171 e. The van der Waals surface area contributed by atoms with Crippen LogP contribution in [-0.4, -0.2) is 31.3 Å². The Morgan fingerprint density at radius 1 is 0.878 bits per heavy atom. The SMILES string of the molecule is C/C=C\C(=C\C)C1CC(C)=CC(c2c(O)cc(-c3cc4ccc(O)cc4o3)cc2O)C1C(=O)c1ccc(O)cc1O. The Balaban J connectivity index is 1.65. The number of carbonyl (C=O) groups is 1. The van der Waals surface area contributed by atoms with E-state index < -0.39 is 11.8 Å². The summed E-state index contributed by atoms with van der Waals surface area (Å²) in [4.78, 5) is 14.2. The first-order chi connectivity index (χ1) is 19.6. The molecule has 0 aliphatic heterocycles. The molecule has 5 N–H and O–H groups in total. The maximum absolute atomic E-state index is 14.2. The summed E-state index contributed by atoms with van der Waals surface area (Å²) in [7, 11) is 0. The molecule has 7 heteroatoms. The van der Waals surface area contributed by atoms with Crippen LogP contribution in [-0.2, 0) is 0 Å². The van der Waals surface area contributed by atoms with Gasteiger partial charge in [0.05, 0.1) is 5.56 Å². The predicted octanol–water partition coefficient (Wildman–Crippen LogP) is 7.70. The number of rotatable bonds is 6. The van der Waals surface area contributed by atoms with Gasteiger partial charge in [-0.2, -0.15) is 0 Å². The number of ketones is 1. The molecule has 4 aromatic rings. The summed E-state index contributed by atoms with van der Waals surface area (Å²) in [5.74, 6) is -2.67. The lowest BCUT2D eigenvalue weighted by atomic mass is 9.65. The standard InChI is InChI=1S/C34H32O7/c1-4-6-19(5-2)25-11-18(3)12-26(32(25)34(40)24-10-9-22(35)16-27(24)37)33-28(38)13-21(14-29(33)39)30-15-20-7-8-23(36)17-31(20)41-30/h4-10,12-17,25-26,32,35-39H,11H2,1-3H3/b6-4-,19-5-. The number of phenolic OH excluding ortho intramolecular Hbond substituents is 5. The summed E-state index contributed by atoms with van der Waals surface area (Å²) in [6.45, 7) is 5.74. The summed E-state index contributed by atoms with van der Waals surface area (Å²) in [6, 6.07) is 13.3. The van der Waals surface area contributed by atoms with Gasteiger partial charge in [0.1, 0.15) is 40.1 Å². The van der Waals surface area contributed by atoms with E-state index in [-0.39, 0.29) is 51.6 Å². The molecule has 3 aromatic carbocycles. The Labute approximate surface area is 237 Å². The second kappa shape index (κ2) is 10.9. The molecule has 1 heterocycles. The van der Waals surface area contributed by atoms with E-state index in [2.05, 4.69) is 0 Å². The highest BCUT2D eigenvalue weighted by Crippen LogP contribution is 2.51. The summed E-state index contributed by atoms with van der Waals surface area (Å²) >= 11 is 0. The second-order valence-corrected chi connectivity index (χ2v) is 10.5. The zero-order valence-corrected chi connectivity index (χ0v) is 23.0. The Bertz CT molecular complexity index is 1710. The van der Waals surface area contributed by atoms with Gasteiger partial charge in [-0.25, -0.2) is 0 Å². The van der Waals surface area contributed by atoms with Crippen LogP contribution >= 0.6 is 0 Å². The van der Waals surface area contributed by atoms with Crippen LogP contribution in [0.4, 0.5) is 0 Å². The van der Waals surface area contributed by atoms with Crippen LogP contribution in [0.5, 0.6) is 28.7 Å². The number of Topliss-reactive ketones (excluding diaryl/α,β-unsaturated/α-hetero) is 1. The molecule has 3 atom stereocenters. The molecule has 0 bridgehead atoms. The van der Waals surface area contributed by atoms with Gasteiger partial charge in [-0.15, -0.1) is 0 Å². The third kappa shape index (κ3) is 5.18. The molecule has 1 aromatic heterocycles. The quantitative estimate of drug-likeness (QED) is 0.0941. The minimum atomic E-state index is -0.784. The van der Waals surface area contributed by atoms with Gasteiger partial charge in [-0.3, -0.25) is 4.79 Å². The topological polar surface area (TPSA) is 131 Å². The number of hydrogen-bond acceptors (Lipinski definition) is 7. The van der Waals surface area contributed by atoms with Gasteiger partial charge < -0.3 is 29.9 Å². The fourth-order valence-electron chi connectivity index (χ4n) is 5.94. The third-order valence-electron chi connectivity index (χ3n) is 7.75. The molecule has 3 unspecified atom stereocenters. The van der Waals surface area contributed by atoms with Crippen molar-refractivity contribution in [2.45, 2.75) is 33.1 Å². The molecular formula is C34H32O7. The van der Waals surface area contributed by atoms with Crippen molar-refractivity contribution >= 4 is 16.8 Å². The molecule has 0 spiro atoms. The summed E-state index contributed by atoms with van der Waals surface area (Å²) in [5, 5.41) is 53.6. The Morgan fingerprint density at radius 2 is 1.56 bits per heavy atom. The maximum atomic E-state index is 14.2. The highest BCUT2D eigenvalue weighted by atomic mass is 16.3. The van der Waals surface area contributed by atoms with Gasteiger partial charge in [0.2, 0.25) is 0 Å². The molecule has 7 nitrogen and oxygen atoms in total. The van der Waals surface area contributed by atoms with Crippen LogP contribution in [0, 0.1) is 11.8 Å². The number of carbonyl (C=O) groups excluding carboxylic acids is 1. The normalized spacial score (nSPS) is 19.5. The smallest absolute Gasteiger partial charge is 0.171 e. The minimum absolute atomic E-state index is 0.0489. The molecule has 0 radical (unpaired) electrons. The molecule has 0 amide bonds. The lowest BCUT2D eigenvalue weighted by Gasteiger charge is -2.37. The number of phenols is 5. The van der Waals surface area contributed by atoms with Crippen molar-refractivity contribution < 1.29 is 34.7 Å². The number of aromatic hydroxyl groups is 5. The van der Waals surface area contributed by atoms with Crippen molar-refractivity contribution in [1.82, 2.24) is 0 Å². The molecule has 41 heavy (non-hydrogen) atoms. The van der Waals surface area contributed by atoms with Crippen LogP contribution in [0.25, 0.3) is 22.3 Å². The molecule has 1 aliphatic rings. The Morgan fingerprint density at radius 3 is 2.22 bits per heavy atom. The molecule has 0 saturated heterocycles. The van der Waals surface area contributed by atoms with Gasteiger partial charge >= 0.3 is 0 Å². The van der Waals surface area contributed by atoms with Crippen molar-refractivity contribution in [3.8, 4) is 40.1 Å². The number of hydrogen-bond donors (Lipinski definition) is 5. The first-order valence-electron chi connectivity index (χ1n) is 13.4. The highest BCUT2D eigenvalue weighted by Gasteiger charge is 2.42. The van der Waals surface area contributed by atoms with E-state index >= 15 is 0 Å². The first kappa shape index (κ1) is 27.6. The van der Waals surface area contributed by atoms with Crippen LogP contribution in [0.1, 0.15) is 49.0 Å². The van der Waals surface area contributed by atoms with Crippen molar-refractivity contribution in [2.24, 2.45) is 11.8 Å². The molecular weight excluding hydrogens is 520 g/mol. The fourth-order valence-corrected chi connectivity index (χ4v) is 5.94. The van der Waals surface area contributed by atoms with Crippen molar-refractivity contribution in [3.05, 3.63) is 101 Å². The van der Waals surface area contributed by atoms with E-state index in [9.17, 15) is 30.3 Å². The van der Waals surface area contributed by atoms with Gasteiger partial charge in [0.25, 0.3) is 0 Å². The van der Waals surface area contributed by atoms with Crippen LogP contribution in [0.2, 0.25) is 0 Å². The van der Waals surface area contributed by atoms with E-state index in [1.54, 1.807) is 18.2 Å². The fraction of sp³-hybridized carbons (Fsp3) is 0.206. The largest absolute Gasteiger partial charge is 0.508 e. The first-order valence-corrected chi connectivity index (χ1v) is 13.4. The molecule has 0 fully saturated rings.